The quantitative estimate of drug-likeness (QED) is 0.552. The zero-order valence-corrected chi connectivity index (χ0v) is 13.4. The minimum absolute atomic E-state index is 0.423. The Hall–Kier alpha value is -0.0800. The Morgan fingerprint density at radius 1 is 1.17 bits per heavy atom. The molecule has 2 heteroatoms. The van der Waals surface area contributed by atoms with Gasteiger partial charge in [0.05, 0.1) is 0 Å². The first-order chi connectivity index (χ1) is 8.41. The van der Waals surface area contributed by atoms with E-state index in [1.54, 1.807) is 0 Å². The van der Waals surface area contributed by atoms with E-state index >= 15 is 0 Å². The minimum Gasteiger partial charge on any atom is -0.330 e. The maximum absolute atomic E-state index is 5.83. The smallest absolute Gasteiger partial charge is 0.000264 e. The highest BCUT2D eigenvalue weighted by molar-refractivity contribution is 4.73. The van der Waals surface area contributed by atoms with Crippen LogP contribution in [0.25, 0.3) is 0 Å². The average Bonchev–Trinajstić information content (AvgIpc) is 2.27. The Balaban J connectivity index is 3.78. The van der Waals surface area contributed by atoms with Crippen LogP contribution in [0, 0.1) is 17.3 Å². The molecule has 0 aromatic rings. The number of hydrogen-bond donors (Lipinski definition) is 2. The largest absolute Gasteiger partial charge is 0.330 e. The van der Waals surface area contributed by atoms with Crippen LogP contribution in [0.2, 0.25) is 0 Å². The molecule has 0 saturated heterocycles. The van der Waals surface area contributed by atoms with Crippen LogP contribution in [-0.2, 0) is 0 Å². The summed E-state index contributed by atoms with van der Waals surface area (Å²) in [5, 5.41) is 3.63. The van der Waals surface area contributed by atoms with Gasteiger partial charge in [0.1, 0.15) is 0 Å². The van der Waals surface area contributed by atoms with E-state index in [1.165, 1.54) is 32.1 Å². The molecule has 0 fully saturated rings. The predicted molar refractivity (Wildman–Crippen MR) is 82.8 cm³/mol. The molecule has 0 spiro atoms. The van der Waals surface area contributed by atoms with Crippen molar-refractivity contribution in [1.82, 2.24) is 5.32 Å². The normalized spacial score (nSPS) is 14.2. The van der Waals surface area contributed by atoms with E-state index in [-0.39, 0.29) is 0 Å². The summed E-state index contributed by atoms with van der Waals surface area (Å²) in [5.74, 6) is 1.38. The lowest BCUT2D eigenvalue weighted by atomic mass is 9.86. The van der Waals surface area contributed by atoms with Gasteiger partial charge in [-0.2, -0.15) is 0 Å². The summed E-state index contributed by atoms with van der Waals surface area (Å²) in [7, 11) is 0. The summed E-state index contributed by atoms with van der Waals surface area (Å²) in [5.41, 5.74) is 6.25. The molecule has 0 aromatic carbocycles. The lowest BCUT2D eigenvalue weighted by Crippen LogP contribution is -2.35. The van der Waals surface area contributed by atoms with Gasteiger partial charge in [-0.05, 0) is 43.2 Å². The standard InChI is InChI=1S/C16H36N2/c1-6-7-8-9-16(4,5)13-18-12-15(11-17)10-14(2)3/h14-15,18H,6-13,17H2,1-5H3. The van der Waals surface area contributed by atoms with E-state index in [4.69, 9.17) is 5.73 Å². The first-order valence-electron chi connectivity index (χ1n) is 7.82. The molecule has 0 bridgehead atoms. The summed E-state index contributed by atoms with van der Waals surface area (Å²) in [4.78, 5) is 0. The van der Waals surface area contributed by atoms with E-state index in [9.17, 15) is 0 Å². The van der Waals surface area contributed by atoms with Gasteiger partial charge in [-0.15, -0.1) is 0 Å². The van der Waals surface area contributed by atoms with E-state index in [1.807, 2.05) is 0 Å². The molecule has 0 rings (SSSR count). The van der Waals surface area contributed by atoms with Crippen LogP contribution >= 0.6 is 0 Å². The maximum atomic E-state index is 5.83. The van der Waals surface area contributed by atoms with Crippen LogP contribution in [0.1, 0.15) is 66.7 Å². The molecule has 2 nitrogen and oxygen atoms in total. The molecule has 0 saturated carbocycles. The van der Waals surface area contributed by atoms with Crippen LogP contribution in [0.3, 0.4) is 0 Å². The highest BCUT2D eigenvalue weighted by Gasteiger charge is 2.17. The zero-order chi connectivity index (χ0) is 14.0. The third-order valence-corrected chi connectivity index (χ3v) is 3.63. The molecule has 0 aliphatic carbocycles. The van der Waals surface area contributed by atoms with E-state index < -0.39 is 0 Å². The monoisotopic (exact) mass is 256 g/mol. The summed E-state index contributed by atoms with van der Waals surface area (Å²) in [6, 6.07) is 0. The van der Waals surface area contributed by atoms with Crippen molar-refractivity contribution in [3.63, 3.8) is 0 Å². The van der Waals surface area contributed by atoms with Crippen molar-refractivity contribution in [2.45, 2.75) is 66.7 Å². The van der Waals surface area contributed by atoms with Gasteiger partial charge in [0, 0.05) is 6.54 Å². The molecule has 1 unspecified atom stereocenters. The lowest BCUT2D eigenvalue weighted by molar-refractivity contribution is 0.287. The molecule has 3 N–H and O–H groups in total. The lowest BCUT2D eigenvalue weighted by Gasteiger charge is -2.27. The Bertz CT molecular complexity index is 188. The van der Waals surface area contributed by atoms with E-state index in [0.717, 1.165) is 25.6 Å². The minimum atomic E-state index is 0.423. The third kappa shape index (κ3) is 9.90. The molecule has 0 amide bonds. The van der Waals surface area contributed by atoms with E-state index in [2.05, 4.69) is 39.9 Å². The molecular formula is C16H36N2. The summed E-state index contributed by atoms with van der Waals surface area (Å²) in [6.45, 7) is 14.6. The molecule has 0 radical (unpaired) electrons. The predicted octanol–water partition coefficient (Wildman–Crippen LogP) is 3.80. The zero-order valence-electron chi connectivity index (χ0n) is 13.4. The molecule has 0 heterocycles. The average molecular weight is 256 g/mol. The Morgan fingerprint density at radius 2 is 1.83 bits per heavy atom. The fraction of sp³-hybridized carbons (Fsp3) is 1.00. The number of nitrogens with two attached hydrogens (primary N) is 1. The van der Waals surface area contributed by atoms with Crippen LogP contribution in [-0.4, -0.2) is 19.6 Å². The topological polar surface area (TPSA) is 38.0 Å². The van der Waals surface area contributed by atoms with E-state index in [0.29, 0.717) is 11.3 Å². The first kappa shape index (κ1) is 17.9. The highest BCUT2D eigenvalue weighted by atomic mass is 14.9. The number of hydrogen-bond acceptors (Lipinski definition) is 2. The van der Waals surface area contributed by atoms with Crippen LogP contribution in [0.4, 0.5) is 0 Å². The molecule has 0 aliphatic rings. The molecule has 1 atom stereocenters. The second-order valence-electron chi connectivity index (χ2n) is 6.98. The number of nitrogens with one attached hydrogen (secondary N) is 1. The van der Waals surface area contributed by atoms with Gasteiger partial charge in [0.2, 0.25) is 0 Å². The van der Waals surface area contributed by atoms with Gasteiger partial charge in [0.25, 0.3) is 0 Å². The van der Waals surface area contributed by atoms with Crippen molar-refractivity contribution in [3.05, 3.63) is 0 Å². The van der Waals surface area contributed by atoms with Gasteiger partial charge in [0.15, 0.2) is 0 Å². The molecule has 18 heavy (non-hydrogen) atoms. The number of rotatable bonds is 11. The Morgan fingerprint density at radius 3 is 2.33 bits per heavy atom. The second-order valence-corrected chi connectivity index (χ2v) is 6.98. The molecule has 0 aromatic heterocycles. The second kappa shape index (κ2) is 9.80. The van der Waals surface area contributed by atoms with Gasteiger partial charge < -0.3 is 11.1 Å². The summed E-state index contributed by atoms with van der Waals surface area (Å²) >= 11 is 0. The van der Waals surface area contributed by atoms with Gasteiger partial charge in [-0.3, -0.25) is 0 Å². The fourth-order valence-electron chi connectivity index (χ4n) is 2.49. The van der Waals surface area contributed by atoms with Crippen LogP contribution in [0.15, 0.2) is 0 Å². The van der Waals surface area contributed by atoms with Crippen molar-refractivity contribution in [2.75, 3.05) is 19.6 Å². The van der Waals surface area contributed by atoms with Crippen molar-refractivity contribution < 1.29 is 0 Å². The van der Waals surface area contributed by atoms with Crippen LogP contribution < -0.4 is 11.1 Å². The van der Waals surface area contributed by atoms with Crippen molar-refractivity contribution in [1.29, 1.82) is 0 Å². The first-order valence-corrected chi connectivity index (χ1v) is 7.82. The van der Waals surface area contributed by atoms with Crippen molar-refractivity contribution in [2.24, 2.45) is 23.0 Å². The Labute approximate surface area is 115 Å². The van der Waals surface area contributed by atoms with Gasteiger partial charge in [-0.1, -0.05) is 53.9 Å². The fourth-order valence-corrected chi connectivity index (χ4v) is 2.49. The summed E-state index contributed by atoms with van der Waals surface area (Å²) in [6.07, 6.45) is 6.60. The number of unbranched alkanes of at least 4 members (excludes halogenated alkanes) is 2. The Kier molecular flexibility index (Phi) is 9.76. The van der Waals surface area contributed by atoms with Crippen LogP contribution in [0.5, 0.6) is 0 Å². The molecule has 0 aliphatic heterocycles. The van der Waals surface area contributed by atoms with Crippen molar-refractivity contribution >= 4 is 0 Å². The molecular weight excluding hydrogens is 220 g/mol. The van der Waals surface area contributed by atoms with Crippen molar-refractivity contribution in [3.8, 4) is 0 Å². The maximum Gasteiger partial charge on any atom is 0.000264 e. The third-order valence-electron chi connectivity index (χ3n) is 3.63. The highest BCUT2D eigenvalue weighted by Crippen LogP contribution is 2.22. The molecule has 110 valence electrons. The SMILES string of the molecule is CCCCCC(C)(C)CNCC(CN)CC(C)C. The summed E-state index contributed by atoms with van der Waals surface area (Å²) < 4.78 is 0. The van der Waals surface area contributed by atoms with Gasteiger partial charge in [-0.25, -0.2) is 0 Å². The van der Waals surface area contributed by atoms with Gasteiger partial charge >= 0.3 is 0 Å².